The summed E-state index contributed by atoms with van der Waals surface area (Å²) in [6.45, 7) is 0. The van der Waals surface area contributed by atoms with E-state index in [2.05, 4.69) is 4.98 Å². The molecule has 1 aliphatic rings. The number of oxazole rings is 1. The lowest BCUT2D eigenvalue weighted by Crippen LogP contribution is -2.41. The third-order valence-corrected chi connectivity index (χ3v) is 3.80. The molecule has 1 saturated carbocycles. The van der Waals surface area contributed by atoms with E-state index < -0.39 is 0 Å². The molecule has 0 saturated heterocycles. The van der Waals surface area contributed by atoms with Crippen LogP contribution in [0.15, 0.2) is 41.3 Å². The van der Waals surface area contributed by atoms with Crippen LogP contribution in [0.5, 0.6) is 0 Å². The second kappa shape index (κ2) is 5.46. The molecule has 20 heavy (non-hydrogen) atoms. The summed E-state index contributed by atoms with van der Waals surface area (Å²) in [6, 6.07) is 7.39. The van der Waals surface area contributed by atoms with E-state index >= 15 is 0 Å². The molecule has 0 radical (unpaired) electrons. The van der Waals surface area contributed by atoms with Crippen LogP contribution in [0.25, 0.3) is 11.3 Å². The molecular weight excluding hydrogens is 254 g/mol. The zero-order chi connectivity index (χ0) is 13.9. The Balaban J connectivity index is 1.75. The molecule has 1 aromatic heterocycles. The topological polar surface area (TPSA) is 72.4 Å². The first-order chi connectivity index (χ1) is 9.75. The number of aromatic nitrogens is 1. The highest BCUT2D eigenvalue weighted by atomic mass is 16.3. The summed E-state index contributed by atoms with van der Waals surface area (Å²) in [7, 11) is 0. The van der Waals surface area contributed by atoms with Gasteiger partial charge in [0.25, 0.3) is 0 Å². The molecular formula is C15H17N3O2. The Bertz CT molecular complexity index is 572. The number of carbonyl (C=O) groups excluding carboxylic acids is 1. The van der Waals surface area contributed by atoms with Crippen molar-refractivity contribution in [2.45, 2.75) is 25.7 Å². The number of hydrogen-bond donors (Lipinski definition) is 1. The average molecular weight is 271 g/mol. The second-order valence-electron chi connectivity index (χ2n) is 5.10. The molecule has 0 bridgehead atoms. The van der Waals surface area contributed by atoms with Crippen molar-refractivity contribution >= 4 is 11.6 Å². The van der Waals surface area contributed by atoms with Gasteiger partial charge in [-0.3, -0.25) is 4.79 Å². The monoisotopic (exact) mass is 271 g/mol. The smallest absolute Gasteiger partial charge is 0.244 e. The third kappa shape index (κ3) is 2.44. The van der Waals surface area contributed by atoms with Crippen molar-refractivity contribution < 1.29 is 9.21 Å². The molecule has 5 nitrogen and oxygen atoms in total. The van der Waals surface area contributed by atoms with Crippen molar-refractivity contribution in [3.8, 4) is 11.3 Å². The quantitative estimate of drug-likeness (QED) is 0.529. The molecule has 1 amide bonds. The van der Waals surface area contributed by atoms with Crippen molar-refractivity contribution in [2.75, 3.05) is 5.01 Å². The van der Waals surface area contributed by atoms with Crippen molar-refractivity contribution in [1.29, 1.82) is 0 Å². The van der Waals surface area contributed by atoms with E-state index in [1.54, 1.807) is 6.20 Å². The van der Waals surface area contributed by atoms with Gasteiger partial charge in [0.2, 0.25) is 5.91 Å². The highest BCUT2D eigenvalue weighted by molar-refractivity contribution is 5.94. The van der Waals surface area contributed by atoms with Crippen LogP contribution >= 0.6 is 0 Å². The van der Waals surface area contributed by atoms with E-state index in [0.717, 1.165) is 31.2 Å². The van der Waals surface area contributed by atoms with Gasteiger partial charge in [-0.25, -0.2) is 15.8 Å². The van der Waals surface area contributed by atoms with Crippen molar-refractivity contribution in [2.24, 2.45) is 11.8 Å². The van der Waals surface area contributed by atoms with Gasteiger partial charge in [-0.05, 0) is 37.1 Å². The standard InChI is InChI=1S/C15H17N3O2/c16-18(15(19)12-3-1-2-4-12)13-7-5-11(6-8-13)14-9-17-10-20-14/h5-10,12H,1-4,16H2. The number of anilines is 1. The molecule has 1 heterocycles. The SMILES string of the molecule is NN(C(=O)C1CCCC1)c1ccc(-c2cnco2)cc1. The predicted octanol–water partition coefficient (Wildman–Crippen LogP) is 2.74. The second-order valence-corrected chi connectivity index (χ2v) is 5.10. The first-order valence-corrected chi connectivity index (χ1v) is 6.83. The number of benzene rings is 1. The molecule has 0 aliphatic heterocycles. The van der Waals surface area contributed by atoms with E-state index in [1.807, 2.05) is 24.3 Å². The minimum Gasteiger partial charge on any atom is -0.444 e. The van der Waals surface area contributed by atoms with E-state index in [0.29, 0.717) is 11.4 Å². The molecule has 104 valence electrons. The minimum absolute atomic E-state index is 0.00918. The van der Waals surface area contributed by atoms with Gasteiger partial charge in [0.15, 0.2) is 12.2 Å². The molecule has 3 rings (SSSR count). The number of carbonyl (C=O) groups is 1. The maximum absolute atomic E-state index is 12.2. The van der Waals surface area contributed by atoms with Crippen LogP contribution in [0, 0.1) is 5.92 Å². The average Bonchev–Trinajstić information content (AvgIpc) is 3.18. The van der Waals surface area contributed by atoms with Gasteiger partial charge in [-0.2, -0.15) is 0 Å². The molecule has 1 aliphatic carbocycles. The summed E-state index contributed by atoms with van der Waals surface area (Å²) >= 11 is 0. The van der Waals surface area contributed by atoms with Crippen LogP contribution in [0.4, 0.5) is 5.69 Å². The van der Waals surface area contributed by atoms with E-state index in [9.17, 15) is 4.79 Å². The Morgan fingerprint density at radius 3 is 2.55 bits per heavy atom. The maximum Gasteiger partial charge on any atom is 0.244 e. The maximum atomic E-state index is 12.2. The lowest BCUT2D eigenvalue weighted by Gasteiger charge is -2.20. The fourth-order valence-electron chi connectivity index (χ4n) is 2.64. The summed E-state index contributed by atoms with van der Waals surface area (Å²) in [6.07, 6.45) is 7.18. The molecule has 5 heteroatoms. The summed E-state index contributed by atoms with van der Waals surface area (Å²) < 4.78 is 5.23. The predicted molar refractivity (Wildman–Crippen MR) is 75.6 cm³/mol. The molecule has 2 N–H and O–H groups in total. The van der Waals surface area contributed by atoms with E-state index in [1.165, 1.54) is 11.4 Å². The van der Waals surface area contributed by atoms with E-state index in [-0.39, 0.29) is 11.8 Å². The van der Waals surface area contributed by atoms with Gasteiger partial charge < -0.3 is 4.42 Å². The van der Waals surface area contributed by atoms with Crippen LogP contribution in [0.1, 0.15) is 25.7 Å². The van der Waals surface area contributed by atoms with Crippen molar-refractivity contribution in [3.05, 3.63) is 36.9 Å². The van der Waals surface area contributed by atoms with Crippen molar-refractivity contribution in [1.82, 2.24) is 4.98 Å². The van der Waals surface area contributed by atoms with Gasteiger partial charge in [0.05, 0.1) is 11.9 Å². The van der Waals surface area contributed by atoms with Crippen LogP contribution in [0.2, 0.25) is 0 Å². The van der Waals surface area contributed by atoms with Crippen LogP contribution in [0.3, 0.4) is 0 Å². The summed E-state index contributed by atoms with van der Waals surface area (Å²) in [5, 5.41) is 1.26. The third-order valence-electron chi connectivity index (χ3n) is 3.80. The Morgan fingerprint density at radius 2 is 1.95 bits per heavy atom. The molecule has 0 atom stereocenters. The number of amides is 1. The van der Waals surface area contributed by atoms with Gasteiger partial charge >= 0.3 is 0 Å². The zero-order valence-electron chi connectivity index (χ0n) is 11.2. The summed E-state index contributed by atoms with van der Waals surface area (Å²) in [5.41, 5.74) is 1.61. The number of hydrogen-bond acceptors (Lipinski definition) is 4. The lowest BCUT2D eigenvalue weighted by molar-refractivity contribution is -0.122. The number of nitrogens with zero attached hydrogens (tertiary/aromatic N) is 2. The van der Waals surface area contributed by atoms with Crippen LogP contribution in [-0.4, -0.2) is 10.9 Å². The van der Waals surface area contributed by atoms with Gasteiger partial charge in [-0.1, -0.05) is 12.8 Å². The largest absolute Gasteiger partial charge is 0.444 e. The van der Waals surface area contributed by atoms with Crippen LogP contribution < -0.4 is 10.9 Å². The van der Waals surface area contributed by atoms with Crippen molar-refractivity contribution in [3.63, 3.8) is 0 Å². The highest BCUT2D eigenvalue weighted by Crippen LogP contribution is 2.28. The first kappa shape index (κ1) is 12.9. The summed E-state index contributed by atoms with van der Waals surface area (Å²) in [5.74, 6) is 6.72. The molecule has 1 fully saturated rings. The molecule has 0 unspecified atom stereocenters. The Kier molecular flexibility index (Phi) is 3.52. The minimum atomic E-state index is 0.00918. The van der Waals surface area contributed by atoms with Crippen LogP contribution in [-0.2, 0) is 4.79 Å². The lowest BCUT2D eigenvalue weighted by atomic mass is 10.1. The van der Waals surface area contributed by atoms with Gasteiger partial charge in [0.1, 0.15) is 0 Å². The molecule has 2 aromatic rings. The fourth-order valence-corrected chi connectivity index (χ4v) is 2.64. The number of nitrogens with two attached hydrogens (primary N) is 1. The highest BCUT2D eigenvalue weighted by Gasteiger charge is 2.26. The van der Waals surface area contributed by atoms with Gasteiger partial charge in [0, 0.05) is 11.5 Å². The first-order valence-electron chi connectivity index (χ1n) is 6.83. The summed E-state index contributed by atoms with van der Waals surface area (Å²) in [4.78, 5) is 16.1. The zero-order valence-corrected chi connectivity index (χ0v) is 11.2. The van der Waals surface area contributed by atoms with E-state index in [4.69, 9.17) is 10.3 Å². The Morgan fingerprint density at radius 1 is 1.25 bits per heavy atom. The fraction of sp³-hybridized carbons (Fsp3) is 0.333. The Hall–Kier alpha value is -2.14. The number of rotatable bonds is 3. The molecule has 0 spiro atoms. The number of hydrazine groups is 1. The van der Waals surface area contributed by atoms with Gasteiger partial charge in [-0.15, -0.1) is 0 Å². The molecule has 1 aromatic carbocycles. The normalized spacial score (nSPS) is 15.4. The Labute approximate surface area is 117 Å².